The lowest BCUT2D eigenvalue weighted by Crippen LogP contribution is -2.15. The van der Waals surface area contributed by atoms with Crippen molar-refractivity contribution in [2.75, 3.05) is 7.05 Å². The summed E-state index contributed by atoms with van der Waals surface area (Å²) >= 11 is 4.28. The van der Waals surface area contributed by atoms with Gasteiger partial charge in [0.25, 0.3) is 0 Å². The maximum atomic E-state index is 10.1. The average molecular weight is 572 g/mol. The van der Waals surface area contributed by atoms with E-state index in [0.29, 0.717) is 12.2 Å². The van der Waals surface area contributed by atoms with Gasteiger partial charge in [0, 0.05) is 26.2 Å². The van der Waals surface area contributed by atoms with E-state index in [0.717, 1.165) is 29.7 Å². The number of rotatable bonds is 6. The molecule has 39 heavy (non-hydrogen) atoms. The zero-order valence-corrected chi connectivity index (χ0v) is 26.1. The first-order valence-corrected chi connectivity index (χ1v) is 14.0. The first-order chi connectivity index (χ1) is 17.9. The molecule has 0 aliphatic heterocycles. The zero-order chi connectivity index (χ0) is 30.4. The van der Waals surface area contributed by atoms with Gasteiger partial charge in [0.2, 0.25) is 5.91 Å². The predicted molar refractivity (Wildman–Crippen MR) is 174 cm³/mol. The Labute approximate surface area is 247 Å². The summed E-state index contributed by atoms with van der Waals surface area (Å²) < 4.78 is 0. The molecule has 1 unspecified atom stereocenters. The molecule has 1 amide bonds. The van der Waals surface area contributed by atoms with Crippen LogP contribution in [0.4, 0.5) is 0 Å². The first kappa shape index (κ1) is 46.3. The third-order valence-corrected chi connectivity index (χ3v) is 5.17. The van der Waals surface area contributed by atoms with Crippen LogP contribution in [0.25, 0.3) is 0 Å². The van der Waals surface area contributed by atoms with Crippen molar-refractivity contribution < 1.29 is 26.3 Å². The molecule has 0 aromatic heterocycles. The van der Waals surface area contributed by atoms with Gasteiger partial charge in [0.05, 0.1) is 6.10 Å². The number of carbonyl (C=O) groups excluding carboxylic acids is 1. The van der Waals surface area contributed by atoms with E-state index < -0.39 is 5.97 Å². The van der Waals surface area contributed by atoms with Crippen molar-refractivity contribution in [3.05, 3.63) is 59.7 Å². The van der Waals surface area contributed by atoms with E-state index in [2.05, 4.69) is 44.8 Å². The van der Waals surface area contributed by atoms with E-state index >= 15 is 0 Å². The van der Waals surface area contributed by atoms with Crippen LogP contribution in [-0.4, -0.2) is 40.3 Å². The number of carboxylic acid groups (broad SMARTS) is 1. The Hall–Kier alpha value is -2.51. The summed E-state index contributed by atoms with van der Waals surface area (Å²) in [4.78, 5) is 20.5. The molecule has 6 nitrogen and oxygen atoms in total. The van der Waals surface area contributed by atoms with Crippen LogP contribution >= 0.6 is 12.6 Å². The Balaban J connectivity index is -0.0000000884. The lowest BCUT2D eigenvalue weighted by atomic mass is 10.1. The van der Waals surface area contributed by atoms with Crippen molar-refractivity contribution in [3.8, 4) is 5.75 Å². The molecule has 2 aromatic rings. The van der Waals surface area contributed by atoms with Gasteiger partial charge in [0.15, 0.2) is 0 Å². The minimum atomic E-state index is -0.745. The van der Waals surface area contributed by atoms with Gasteiger partial charge in [-0.25, -0.2) is 0 Å². The minimum Gasteiger partial charge on any atom is -0.508 e. The molecule has 4 N–H and O–H groups in total. The highest BCUT2D eigenvalue weighted by Crippen LogP contribution is 2.15. The molecular weight excluding hydrogens is 510 g/mol. The number of carbonyl (C=O) groups is 2. The fourth-order valence-electron chi connectivity index (χ4n) is 1.80. The summed E-state index contributed by atoms with van der Waals surface area (Å²) in [7, 11) is 1.63. The van der Waals surface area contributed by atoms with Crippen LogP contribution in [0.3, 0.4) is 0 Å². The van der Waals surface area contributed by atoms with E-state index in [1.54, 1.807) is 27.0 Å². The Morgan fingerprint density at radius 1 is 0.846 bits per heavy atom. The number of phenolic OH excluding ortho intramolecular Hbond substituents is 1. The number of carboxylic acids is 1. The SMILES string of the molecule is C.CCC(=O)NC.CCC(=O)O.CCC(C)O.CCCC.CCc1ccccc1O.CCc1ccccc1S.[HH]. The summed E-state index contributed by atoms with van der Waals surface area (Å²) in [6.45, 7) is 15.7. The molecule has 0 aliphatic carbocycles. The van der Waals surface area contributed by atoms with Crippen molar-refractivity contribution in [2.24, 2.45) is 0 Å². The molecule has 0 aliphatic rings. The lowest BCUT2D eigenvalue weighted by Gasteiger charge is -1.97. The molecule has 0 radical (unpaired) electrons. The van der Waals surface area contributed by atoms with E-state index in [9.17, 15) is 9.59 Å². The fourth-order valence-corrected chi connectivity index (χ4v) is 2.12. The van der Waals surface area contributed by atoms with Gasteiger partial charge in [-0.1, -0.05) is 105 Å². The zero-order valence-electron chi connectivity index (χ0n) is 25.3. The molecule has 0 bridgehead atoms. The molecular formula is C32H61NO5S. The Morgan fingerprint density at radius 3 is 1.41 bits per heavy atom. The van der Waals surface area contributed by atoms with Gasteiger partial charge in [0.1, 0.15) is 5.75 Å². The number of aliphatic hydroxyl groups is 1. The number of hydrogen-bond donors (Lipinski definition) is 5. The molecule has 2 rings (SSSR count). The molecule has 0 spiro atoms. The third-order valence-electron chi connectivity index (χ3n) is 4.74. The topological polar surface area (TPSA) is 107 Å². The monoisotopic (exact) mass is 571 g/mol. The normalized spacial score (nSPS) is 9.21. The number of nitrogens with one attached hydrogen (secondary N) is 1. The number of aryl methyl sites for hydroxylation is 2. The van der Waals surface area contributed by atoms with Crippen LogP contribution in [0.1, 0.15) is 107 Å². The molecule has 0 saturated heterocycles. The average Bonchev–Trinajstić information content (AvgIpc) is 2.94. The summed E-state index contributed by atoms with van der Waals surface area (Å²) in [6, 6.07) is 15.5. The second-order valence-electron chi connectivity index (χ2n) is 8.00. The Bertz CT molecular complexity index is 751. The van der Waals surface area contributed by atoms with Crippen LogP contribution in [0.2, 0.25) is 0 Å². The van der Waals surface area contributed by atoms with Crippen molar-refractivity contribution in [2.45, 2.75) is 119 Å². The number of para-hydroxylation sites is 1. The lowest BCUT2D eigenvalue weighted by molar-refractivity contribution is -0.136. The predicted octanol–water partition coefficient (Wildman–Crippen LogP) is 8.58. The van der Waals surface area contributed by atoms with Gasteiger partial charge in [-0.2, -0.15) is 0 Å². The second kappa shape index (κ2) is 35.5. The first-order valence-electron chi connectivity index (χ1n) is 13.6. The van der Waals surface area contributed by atoms with Crippen LogP contribution in [0, 0.1) is 0 Å². The highest BCUT2D eigenvalue weighted by Gasteiger charge is 1.92. The minimum absolute atomic E-state index is 0. The molecule has 0 saturated carbocycles. The maximum absolute atomic E-state index is 10.1. The molecule has 2 aromatic carbocycles. The molecule has 0 heterocycles. The number of aliphatic hydroxyl groups excluding tert-OH is 1. The summed E-state index contributed by atoms with van der Waals surface area (Å²) in [5, 5.41) is 27.7. The summed E-state index contributed by atoms with van der Waals surface area (Å²) in [6.07, 6.45) is 6.15. The number of benzene rings is 2. The number of aliphatic carboxylic acids is 1. The number of phenols is 1. The summed E-state index contributed by atoms with van der Waals surface area (Å²) in [5.74, 6) is -0.250. The van der Waals surface area contributed by atoms with E-state index in [-0.39, 0.29) is 27.3 Å². The number of unbranched alkanes of at least 4 members (excludes halogenated alkanes) is 1. The van der Waals surface area contributed by atoms with Crippen LogP contribution in [0.5, 0.6) is 5.75 Å². The summed E-state index contributed by atoms with van der Waals surface area (Å²) in [5.41, 5.74) is 2.33. The fraction of sp³-hybridized carbons (Fsp3) is 0.562. The van der Waals surface area contributed by atoms with Crippen molar-refractivity contribution >= 4 is 24.5 Å². The van der Waals surface area contributed by atoms with Crippen LogP contribution in [0.15, 0.2) is 53.4 Å². The van der Waals surface area contributed by atoms with Crippen LogP contribution in [-0.2, 0) is 22.4 Å². The Kier molecular flexibility index (Phi) is 42.2. The molecule has 1 atom stereocenters. The Morgan fingerprint density at radius 2 is 1.23 bits per heavy atom. The number of hydrogen-bond acceptors (Lipinski definition) is 5. The number of amides is 1. The van der Waals surface area contributed by atoms with Gasteiger partial charge in [-0.3, -0.25) is 9.59 Å². The van der Waals surface area contributed by atoms with E-state index in [1.165, 1.54) is 18.4 Å². The largest absolute Gasteiger partial charge is 0.508 e. The molecule has 230 valence electrons. The second-order valence-corrected chi connectivity index (χ2v) is 8.48. The van der Waals surface area contributed by atoms with E-state index in [4.69, 9.17) is 15.3 Å². The number of thiol groups is 1. The van der Waals surface area contributed by atoms with Gasteiger partial charge in [-0.05, 0) is 49.4 Å². The van der Waals surface area contributed by atoms with Gasteiger partial charge >= 0.3 is 5.97 Å². The van der Waals surface area contributed by atoms with Crippen molar-refractivity contribution in [3.63, 3.8) is 0 Å². The standard InChI is InChI=1S/C8H10O.C8H10S.C4H9NO.C4H10O.C4H10.C3H6O2.CH4.H2/c2*1-2-7-5-3-4-6-8(7)9;1-3-4(6)5-2;1-3-4(2)5;1-3-4-2;1-2-3(4)5;;/h2*3-6,9H,2H2,1H3;3H2,1-2H3,(H,5,6);4-5H,3H2,1-2H3;3-4H2,1-2H3;2H2,1H3,(H,4,5);1H4;1H. The third kappa shape index (κ3) is 37.7. The smallest absolute Gasteiger partial charge is 0.303 e. The van der Waals surface area contributed by atoms with Crippen LogP contribution < -0.4 is 5.32 Å². The van der Waals surface area contributed by atoms with Crippen molar-refractivity contribution in [1.29, 1.82) is 0 Å². The van der Waals surface area contributed by atoms with Gasteiger partial charge < -0.3 is 20.6 Å². The maximum Gasteiger partial charge on any atom is 0.303 e. The molecule has 0 fully saturated rings. The van der Waals surface area contributed by atoms with Gasteiger partial charge in [-0.15, -0.1) is 12.6 Å². The highest BCUT2D eigenvalue weighted by molar-refractivity contribution is 7.80. The quantitative estimate of drug-likeness (QED) is 0.223. The number of aromatic hydroxyl groups is 1. The highest BCUT2D eigenvalue weighted by atomic mass is 32.1. The van der Waals surface area contributed by atoms with E-state index in [1.807, 2.05) is 57.2 Å². The van der Waals surface area contributed by atoms with Crippen molar-refractivity contribution in [1.82, 2.24) is 5.32 Å². The molecule has 7 heteroatoms.